The molecule has 3 rings (SSSR count). The molecule has 6 nitrogen and oxygen atoms in total. The summed E-state index contributed by atoms with van der Waals surface area (Å²) in [5, 5.41) is 0.571. The van der Waals surface area contributed by atoms with Crippen LogP contribution in [-0.2, 0) is 17.8 Å². The lowest BCUT2D eigenvalue weighted by Gasteiger charge is -2.18. The lowest BCUT2D eigenvalue weighted by Crippen LogP contribution is -2.31. The molecular weight excluding hydrogens is 280 g/mol. The average Bonchev–Trinajstić information content (AvgIpc) is 3.01. The van der Waals surface area contributed by atoms with Gasteiger partial charge in [-0.25, -0.2) is 4.98 Å². The van der Waals surface area contributed by atoms with Gasteiger partial charge in [-0.15, -0.1) is 0 Å². The van der Waals surface area contributed by atoms with Crippen LogP contribution in [0.1, 0.15) is 18.7 Å². The first-order valence-corrected chi connectivity index (χ1v) is 7.69. The Bertz CT molecular complexity index is 720. The average molecular weight is 302 g/mol. The quantitative estimate of drug-likeness (QED) is 0.841. The maximum atomic E-state index is 12.8. The van der Waals surface area contributed by atoms with Crippen molar-refractivity contribution in [3.63, 3.8) is 0 Å². The molecular formula is C16H22N4O2. The van der Waals surface area contributed by atoms with Crippen molar-refractivity contribution in [2.24, 2.45) is 0 Å². The fourth-order valence-electron chi connectivity index (χ4n) is 2.96. The van der Waals surface area contributed by atoms with Crippen molar-refractivity contribution >= 4 is 16.6 Å². The highest BCUT2D eigenvalue weighted by molar-refractivity contribution is 5.81. The topological polar surface area (TPSA) is 73.4 Å². The first kappa shape index (κ1) is 15.0. The highest BCUT2D eigenvalue weighted by Gasteiger charge is 2.17. The fourth-order valence-corrected chi connectivity index (χ4v) is 2.96. The molecule has 2 aromatic rings. The van der Waals surface area contributed by atoms with E-state index >= 15 is 0 Å². The van der Waals surface area contributed by atoms with Gasteiger partial charge in [0.25, 0.3) is 5.56 Å². The number of nitrogens with two attached hydrogens (primary N) is 1. The number of anilines is 1. The number of fused-ring (bicyclic) bond motifs is 1. The van der Waals surface area contributed by atoms with E-state index in [0.29, 0.717) is 36.3 Å². The van der Waals surface area contributed by atoms with Crippen LogP contribution in [0.4, 0.5) is 5.69 Å². The molecule has 0 unspecified atom stereocenters. The molecule has 1 aromatic carbocycles. The largest absolute Gasteiger partial charge is 0.399 e. The molecule has 0 radical (unpaired) electrons. The van der Waals surface area contributed by atoms with E-state index in [1.54, 1.807) is 23.8 Å². The van der Waals surface area contributed by atoms with Gasteiger partial charge in [-0.3, -0.25) is 14.3 Å². The van der Waals surface area contributed by atoms with Crippen LogP contribution in [0.2, 0.25) is 0 Å². The van der Waals surface area contributed by atoms with E-state index in [-0.39, 0.29) is 5.56 Å². The van der Waals surface area contributed by atoms with E-state index in [9.17, 15) is 4.79 Å². The first-order chi connectivity index (χ1) is 10.7. The zero-order valence-corrected chi connectivity index (χ0v) is 12.9. The zero-order valence-electron chi connectivity index (χ0n) is 12.9. The van der Waals surface area contributed by atoms with Crippen LogP contribution in [0.5, 0.6) is 0 Å². The highest BCUT2D eigenvalue weighted by Crippen LogP contribution is 2.15. The van der Waals surface area contributed by atoms with Crippen LogP contribution in [0, 0.1) is 0 Å². The molecule has 1 saturated heterocycles. The molecule has 1 aromatic heterocycles. The van der Waals surface area contributed by atoms with Gasteiger partial charge in [-0.1, -0.05) is 0 Å². The molecule has 1 aliphatic heterocycles. The minimum absolute atomic E-state index is 0.0384. The number of hydrogen-bond donors (Lipinski definition) is 1. The Morgan fingerprint density at radius 3 is 2.82 bits per heavy atom. The number of aromatic nitrogens is 2. The van der Waals surface area contributed by atoms with Crippen molar-refractivity contribution in [2.45, 2.75) is 25.9 Å². The normalized spacial score (nSPS) is 15.7. The summed E-state index contributed by atoms with van der Waals surface area (Å²) >= 11 is 0. The number of nitrogens with zero attached hydrogens (tertiary/aromatic N) is 3. The van der Waals surface area contributed by atoms with Crippen molar-refractivity contribution in [3.05, 3.63) is 34.4 Å². The first-order valence-electron chi connectivity index (χ1n) is 7.69. The third-order valence-electron chi connectivity index (χ3n) is 4.14. The standard InChI is InChI=1S/C16H22N4O2/c1-22-9-8-20-15(11-19-6-2-3-7-19)18-14-5-4-12(17)10-13(14)16(20)21/h4-5,10H,2-3,6-9,11,17H2,1H3. The van der Waals surface area contributed by atoms with Crippen LogP contribution in [0.15, 0.2) is 23.0 Å². The minimum Gasteiger partial charge on any atom is -0.399 e. The second kappa shape index (κ2) is 6.46. The van der Waals surface area contributed by atoms with Crippen molar-refractivity contribution in [1.29, 1.82) is 0 Å². The monoisotopic (exact) mass is 302 g/mol. The molecule has 2 N–H and O–H groups in total. The van der Waals surface area contributed by atoms with E-state index in [0.717, 1.165) is 18.9 Å². The van der Waals surface area contributed by atoms with Crippen molar-refractivity contribution in [3.8, 4) is 0 Å². The number of rotatable bonds is 5. The van der Waals surface area contributed by atoms with Crippen molar-refractivity contribution in [1.82, 2.24) is 14.5 Å². The molecule has 0 atom stereocenters. The summed E-state index contributed by atoms with van der Waals surface area (Å²) in [7, 11) is 1.64. The summed E-state index contributed by atoms with van der Waals surface area (Å²) < 4.78 is 6.86. The Morgan fingerprint density at radius 1 is 1.32 bits per heavy atom. The molecule has 118 valence electrons. The molecule has 0 aliphatic carbocycles. The Labute approximate surface area is 129 Å². The van der Waals surface area contributed by atoms with Crippen LogP contribution in [-0.4, -0.2) is 41.3 Å². The minimum atomic E-state index is -0.0384. The highest BCUT2D eigenvalue weighted by atomic mass is 16.5. The number of ether oxygens (including phenoxy) is 1. The van der Waals surface area contributed by atoms with Gasteiger partial charge >= 0.3 is 0 Å². The van der Waals surface area contributed by atoms with Gasteiger partial charge in [-0.2, -0.15) is 0 Å². The van der Waals surface area contributed by atoms with Crippen LogP contribution in [0.25, 0.3) is 10.9 Å². The maximum Gasteiger partial charge on any atom is 0.261 e. The number of benzene rings is 1. The molecule has 0 bridgehead atoms. The van der Waals surface area contributed by atoms with Crippen LogP contribution >= 0.6 is 0 Å². The second-order valence-electron chi connectivity index (χ2n) is 5.74. The van der Waals surface area contributed by atoms with E-state index in [2.05, 4.69) is 4.90 Å². The van der Waals surface area contributed by atoms with Crippen molar-refractivity contribution in [2.75, 3.05) is 32.5 Å². The smallest absolute Gasteiger partial charge is 0.261 e. The van der Waals surface area contributed by atoms with Gasteiger partial charge in [0.05, 0.1) is 30.6 Å². The molecule has 2 heterocycles. The molecule has 1 fully saturated rings. The van der Waals surface area contributed by atoms with Gasteiger partial charge in [0.15, 0.2) is 0 Å². The third-order valence-corrected chi connectivity index (χ3v) is 4.14. The van der Waals surface area contributed by atoms with E-state index in [1.165, 1.54) is 12.8 Å². The second-order valence-corrected chi connectivity index (χ2v) is 5.74. The fraction of sp³-hybridized carbons (Fsp3) is 0.500. The molecule has 0 saturated carbocycles. The van der Waals surface area contributed by atoms with E-state index in [1.807, 2.05) is 6.07 Å². The maximum absolute atomic E-state index is 12.8. The predicted octanol–water partition coefficient (Wildman–Crippen LogP) is 1.22. The molecule has 0 amide bonds. The molecule has 6 heteroatoms. The summed E-state index contributed by atoms with van der Waals surface area (Å²) in [4.78, 5) is 19.8. The Kier molecular flexibility index (Phi) is 4.40. The Morgan fingerprint density at radius 2 is 2.09 bits per heavy atom. The summed E-state index contributed by atoms with van der Waals surface area (Å²) in [5.74, 6) is 0.807. The van der Waals surface area contributed by atoms with Gasteiger partial charge in [-0.05, 0) is 44.1 Å². The van der Waals surface area contributed by atoms with Gasteiger partial charge in [0.2, 0.25) is 0 Å². The Balaban J connectivity index is 2.06. The Hall–Kier alpha value is -1.92. The number of nitrogen functional groups attached to an aromatic ring is 1. The van der Waals surface area contributed by atoms with Gasteiger partial charge in [0.1, 0.15) is 5.82 Å². The zero-order chi connectivity index (χ0) is 15.5. The predicted molar refractivity (Wildman–Crippen MR) is 86.8 cm³/mol. The molecule has 1 aliphatic rings. The third kappa shape index (κ3) is 2.98. The number of likely N-dealkylation sites (tertiary alicyclic amines) is 1. The molecule has 0 spiro atoms. The van der Waals surface area contributed by atoms with Crippen LogP contribution in [0.3, 0.4) is 0 Å². The number of hydrogen-bond acceptors (Lipinski definition) is 5. The summed E-state index contributed by atoms with van der Waals surface area (Å²) in [6, 6.07) is 5.31. The summed E-state index contributed by atoms with van der Waals surface area (Å²) in [5.41, 5.74) is 7.06. The summed E-state index contributed by atoms with van der Waals surface area (Å²) in [6.45, 7) is 3.85. The van der Waals surface area contributed by atoms with Gasteiger partial charge < -0.3 is 10.5 Å². The summed E-state index contributed by atoms with van der Waals surface area (Å²) in [6.07, 6.45) is 2.43. The van der Waals surface area contributed by atoms with Gasteiger partial charge in [0, 0.05) is 12.8 Å². The lowest BCUT2D eigenvalue weighted by molar-refractivity contribution is 0.183. The lowest BCUT2D eigenvalue weighted by atomic mass is 10.2. The van der Waals surface area contributed by atoms with Crippen molar-refractivity contribution < 1.29 is 4.74 Å². The van der Waals surface area contributed by atoms with E-state index < -0.39 is 0 Å². The van der Waals surface area contributed by atoms with E-state index in [4.69, 9.17) is 15.5 Å². The number of methoxy groups -OCH3 is 1. The molecule has 22 heavy (non-hydrogen) atoms. The van der Waals surface area contributed by atoms with Crippen LogP contribution < -0.4 is 11.3 Å². The SMILES string of the molecule is COCCn1c(CN2CCCC2)nc2ccc(N)cc2c1=O.